The van der Waals surface area contributed by atoms with Gasteiger partial charge in [-0.25, -0.2) is 0 Å². The number of fused-ring (bicyclic) bond motifs is 5. The summed E-state index contributed by atoms with van der Waals surface area (Å²) in [5, 5.41) is 11.5. The van der Waals surface area contributed by atoms with E-state index in [-0.39, 0.29) is 16.7 Å². The molecule has 4 aliphatic rings. The fourth-order valence-electron chi connectivity index (χ4n) is 7.32. The lowest BCUT2D eigenvalue weighted by Gasteiger charge is -2.60. The molecule has 0 aromatic heterocycles. The van der Waals surface area contributed by atoms with Crippen LogP contribution in [0.5, 0.6) is 0 Å². The van der Waals surface area contributed by atoms with Crippen molar-refractivity contribution in [3.05, 3.63) is 12.2 Å². The molecule has 3 fully saturated rings. The Kier molecular flexibility index (Phi) is 5.12. The maximum absolute atomic E-state index is 12.2. The van der Waals surface area contributed by atoms with Gasteiger partial charge in [-0.3, -0.25) is 4.79 Å². The first-order valence-electron chi connectivity index (χ1n) is 11.0. The molecule has 0 radical (unpaired) electrons. The van der Waals surface area contributed by atoms with Crippen LogP contribution >= 0.6 is 11.6 Å². The minimum absolute atomic E-state index is 0.0552. The van der Waals surface area contributed by atoms with Gasteiger partial charge in [-0.15, -0.1) is 17.5 Å². The summed E-state index contributed by atoms with van der Waals surface area (Å²) < 4.78 is 0. The van der Waals surface area contributed by atoms with Crippen molar-refractivity contribution in [2.75, 3.05) is 12.9 Å². The number of alkyl halides is 1. The van der Waals surface area contributed by atoms with E-state index in [1.807, 2.05) is 11.9 Å². The van der Waals surface area contributed by atoms with Gasteiger partial charge in [0.05, 0.1) is 0 Å². The molecule has 154 valence electrons. The second-order valence-electron chi connectivity index (χ2n) is 10.1. The molecule has 28 heavy (non-hydrogen) atoms. The highest BCUT2D eigenvalue weighted by Crippen LogP contribution is 2.66. The average Bonchev–Trinajstić information content (AvgIpc) is 2.94. The predicted octanol–water partition coefficient (Wildman–Crippen LogP) is 4.38. The summed E-state index contributed by atoms with van der Waals surface area (Å²) in [5.74, 6) is 9.00. The van der Waals surface area contributed by atoms with Gasteiger partial charge in [0, 0.05) is 36.2 Å². The highest BCUT2D eigenvalue weighted by Gasteiger charge is 2.64. The van der Waals surface area contributed by atoms with E-state index in [0.717, 1.165) is 51.4 Å². The highest BCUT2D eigenvalue weighted by molar-refractivity contribution is 6.17. The van der Waals surface area contributed by atoms with Crippen LogP contribution < -0.4 is 0 Å². The van der Waals surface area contributed by atoms with Crippen LogP contribution in [0.4, 0.5) is 0 Å². The Hall–Kier alpha value is -0.980. The minimum Gasteiger partial charge on any atom is -0.377 e. The molecule has 3 nitrogen and oxygen atoms in total. The van der Waals surface area contributed by atoms with E-state index >= 15 is 0 Å². The molecule has 3 aliphatic carbocycles. The molecule has 0 saturated heterocycles. The van der Waals surface area contributed by atoms with Crippen molar-refractivity contribution in [1.82, 2.24) is 4.90 Å². The monoisotopic (exact) mass is 403 g/mol. The Bertz CT molecular complexity index is 739. The summed E-state index contributed by atoms with van der Waals surface area (Å²) in [6.45, 7) is 4.65. The number of hydrogen-bond acceptors (Lipinski definition) is 2. The van der Waals surface area contributed by atoms with Gasteiger partial charge in [-0.2, -0.15) is 0 Å². The zero-order chi connectivity index (χ0) is 20.2. The number of nitrogens with zero attached hydrogens (tertiary/aromatic N) is 1. The summed E-state index contributed by atoms with van der Waals surface area (Å²) in [6, 6.07) is 0.311. The SMILES string of the molecule is CN1C(=O)C=C[C@]2(C)C3CC[C@@]4(C)C(CC[C@@]4(O)C#CCCCCl)C3CCC12. The first-order valence-corrected chi connectivity index (χ1v) is 11.5. The lowest BCUT2D eigenvalue weighted by Crippen LogP contribution is -2.60. The molecular formula is C24H34ClNO2. The third-order valence-electron chi connectivity index (χ3n) is 9.01. The van der Waals surface area contributed by atoms with Gasteiger partial charge < -0.3 is 10.0 Å². The van der Waals surface area contributed by atoms with Gasteiger partial charge in [0.1, 0.15) is 5.60 Å². The maximum atomic E-state index is 12.2. The molecule has 4 rings (SSSR count). The average molecular weight is 404 g/mol. The van der Waals surface area contributed by atoms with Gasteiger partial charge in [-0.1, -0.05) is 25.8 Å². The molecule has 7 atom stereocenters. The number of hydrogen-bond donors (Lipinski definition) is 1. The second-order valence-corrected chi connectivity index (χ2v) is 10.4. The number of likely N-dealkylation sites (N-methyl/N-ethyl adjacent to an activating group) is 1. The number of halogens is 1. The molecule has 4 heteroatoms. The van der Waals surface area contributed by atoms with E-state index in [1.165, 1.54) is 0 Å². The molecule has 1 heterocycles. The van der Waals surface area contributed by atoms with Gasteiger partial charge in [0.25, 0.3) is 0 Å². The number of unbranched alkanes of at least 4 members (excludes halogenated alkanes) is 1. The fraction of sp³-hybridized carbons (Fsp3) is 0.792. The molecule has 1 aliphatic heterocycles. The van der Waals surface area contributed by atoms with Crippen LogP contribution in [0.3, 0.4) is 0 Å². The Morgan fingerprint density at radius 3 is 2.71 bits per heavy atom. The Morgan fingerprint density at radius 2 is 1.96 bits per heavy atom. The molecule has 3 saturated carbocycles. The van der Waals surface area contributed by atoms with E-state index in [4.69, 9.17) is 11.6 Å². The maximum Gasteiger partial charge on any atom is 0.246 e. The summed E-state index contributed by atoms with van der Waals surface area (Å²) in [5.41, 5.74) is -0.924. The summed E-state index contributed by atoms with van der Waals surface area (Å²) in [7, 11) is 1.97. The molecule has 1 amide bonds. The van der Waals surface area contributed by atoms with E-state index < -0.39 is 5.60 Å². The first-order chi connectivity index (χ1) is 13.3. The summed E-state index contributed by atoms with van der Waals surface area (Å²) >= 11 is 5.77. The standard InChI is InChI=1S/C24H34ClNO2/c1-22-13-11-21(27)26(3)20(22)8-7-17-18(22)9-14-23(2)19(17)10-15-24(23,28)12-5-4-6-16-25/h11,13,17-20,28H,4,6-10,14-16H2,1-3H3/t17?,18?,19?,20?,22-,23+,24+/m1/s1. The van der Waals surface area contributed by atoms with Crippen LogP contribution in [-0.2, 0) is 4.79 Å². The largest absolute Gasteiger partial charge is 0.377 e. The van der Waals surface area contributed by atoms with E-state index in [2.05, 4.69) is 31.8 Å². The predicted molar refractivity (Wildman–Crippen MR) is 113 cm³/mol. The van der Waals surface area contributed by atoms with Gasteiger partial charge in [0.15, 0.2) is 0 Å². The number of carbonyl (C=O) groups is 1. The molecule has 0 spiro atoms. The topological polar surface area (TPSA) is 40.5 Å². The Labute approximate surface area is 174 Å². The Balaban J connectivity index is 1.61. The quantitative estimate of drug-likeness (QED) is 0.422. The van der Waals surface area contributed by atoms with Crippen molar-refractivity contribution >= 4 is 17.5 Å². The second kappa shape index (κ2) is 7.06. The smallest absolute Gasteiger partial charge is 0.246 e. The van der Waals surface area contributed by atoms with Gasteiger partial charge in [0.2, 0.25) is 5.91 Å². The zero-order valence-electron chi connectivity index (χ0n) is 17.5. The van der Waals surface area contributed by atoms with E-state index in [0.29, 0.717) is 29.7 Å². The van der Waals surface area contributed by atoms with Crippen LogP contribution in [0.1, 0.15) is 65.2 Å². The van der Waals surface area contributed by atoms with Crippen LogP contribution in [0.2, 0.25) is 0 Å². The minimum atomic E-state index is -0.859. The summed E-state index contributed by atoms with van der Waals surface area (Å²) in [6.07, 6.45) is 11.9. The normalized spacial score (nSPS) is 47.0. The lowest BCUT2D eigenvalue weighted by molar-refractivity contribution is -0.143. The number of amides is 1. The van der Waals surface area contributed by atoms with Crippen molar-refractivity contribution in [2.24, 2.45) is 28.6 Å². The van der Waals surface area contributed by atoms with Crippen LogP contribution in [0, 0.1) is 40.4 Å². The van der Waals surface area contributed by atoms with Crippen LogP contribution in [0.25, 0.3) is 0 Å². The van der Waals surface area contributed by atoms with Crippen LogP contribution in [0.15, 0.2) is 12.2 Å². The van der Waals surface area contributed by atoms with Crippen LogP contribution in [-0.4, -0.2) is 40.5 Å². The third kappa shape index (κ3) is 2.78. The van der Waals surface area contributed by atoms with Crippen molar-refractivity contribution in [1.29, 1.82) is 0 Å². The summed E-state index contributed by atoms with van der Waals surface area (Å²) in [4.78, 5) is 14.2. The molecule has 4 unspecified atom stereocenters. The number of carbonyl (C=O) groups excluding carboxylic acids is 1. The fourth-order valence-corrected chi connectivity index (χ4v) is 7.46. The Morgan fingerprint density at radius 1 is 1.21 bits per heavy atom. The van der Waals surface area contributed by atoms with Crippen molar-refractivity contribution in [3.8, 4) is 11.8 Å². The number of aliphatic hydroxyl groups is 1. The van der Waals surface area contributed by atoms with Crippen molar-refractivity contribution < 1.29 is 9.90 Å². The van der Waals surface area contributed by atoms with Gasteiger partial charge >= 0.3 is 0 Å². The van der Waals surface area contributed by atoms with Crippen molar-refractivity contribution in [2.45, 2.75) is 76.9 Å². The third-order valence-corrected chi connectivity index (χ3v) is 9.28. The van der Waals surface area contributed by atoms with E-state index in [9.17, 15) is 9.90 Å². The molecular weight excluding hydrogens is 370 g/mol. The molecule has 0 aromatic carbocycles. The molecule has 1 N–H and O–H groups in total. The number of rotatable bonds is 2. The van der Waals surface area contributed by atoms with Gasteiger partial charge in [-0.05, 0) is 68.8 Å². The highest BCUT2D eigenvalue weighted by atomic mass is 35.5. The molecule has 0 aromatic rings. The first kappa shape index (κ1) is 20.3. The zero-order valence-corrected chi connectivity index (χ0v) is 18.3. The lowest BCUT2D eigenvalue weighted by atomic mass is 9.47. The molecule has 0 bridgehead atoms. The van der Waals surface area contributed by atoms with Crippen molar-refractivity contribution in [3.63, 3.8) is 0 Å². The van der Waals surface area contributed by atoms with E-state index in [1.54, 1.807) is 6.08 Å².